The van der Waals surface area contributed by atoms with Crippen LogP contribution in [0, 0.1) is 5.82 Å². The van der Waals surface area contributed by atoms with Crippen molar-refractivity contribution in [3.05, 3.63) is 59.9 Å². The number of fused-ring (bicyclic) bond motifs is 1. The fourth-order valence-corrected chi connectivity index (χ4v) is 4.14. The van der Waals surface area contributed by atoms with Crippen molar-refractivity contribution < 1.29 is 9.18 Å². The fraction of sp³-hybridized carbons (Fsp3) is 0.250. The van der Waals surface area contributed by atoms with Crippen LogP contribution in [0.1, 0.15) is 12.5 Å². The lowest BCUT2D eigenvalue weighted by Crippen LogP contribution is -2.35. The molecule has 7 heteroatoms. The maximum Gasteiger partial charge on any atom is 0.240 e. The van der Waals surface area contributed by atoms with Crippen molar-refractivity contribution in [2.75, 3.05) is 11.4 Å². The van der Waals surface area contributed by atoms with Gasteiger partial charge in [0, 0.05) is 24.8 Å². The van der Waals surface area contributed by atoms with E-state index in [0.29, 0.717) is 17.5 Å². The number of carbonyl (C=O) groups is 1. The zero-order valence-corrected chi connectivity index (χ0v) is 15.9. The number of benzene rings is 2. The number of halogens is 1. The number of hydrogen-bond acceptors (Lipinski definition) is 4. The molecule has 1 aliphatic rings. The number of para-hydroxylation sites is 1. The van der Waals surface area contributed by atoms with Gasteiger partial charge in [0.2, 0.25) is 5.91 Å². The number of amides is 1. The summed E-state index contributed by atoms with van der Waals surface area (Å²) >= 11 is 1.38. The van der Waals surface area contributed by atoms with Crippen molar-refractivity contribution in [3.8, 4) is 11.4 Å². The Hall–Kier alpha value is -2.67. The molecule has 1 unspecified atom stereocenters. The number of rotatable bonds is 4. The van der Waals surface area contributed by atoms with E-state index in [1.54, 1.807) is 12.1 Å². The first kappa shape index (κ1) is 17.7. The van der Waals surface area contributed by atoms with Crippen LogP contribution in [-0.4, -0.2) is 32.5 Å². The molecule has 3 aromatic rings. The summed E-state index contributed by atoms with van der Waals surface area (Å²) in [4.78, 5) is 14.8. The molecule has 0 spiro atoms. The van der Waals surface area contributed by atoms with Crippen LogP contribution in [0.2, 0.25) is 0 Å². The molecule has 0 bridgehead atoms. The summed E-state index contributed by atoms with van der Waals surface area (Å²) in [5, 5.41) is 8.79. The number of aromatic nitrogens is 3. The molecule has 138 valence electrons. The molecule has 0 aliphatic carbocycles. The van der Waals surface area contributed by atoms with Gasteiger partial charge in [0.15, 0.2) is 11.0 Å². The Kier molecular flexibility index (Phi) is 4.70. The molecular formula is C20H19FN4OS. The lowest BCUT2D eigenvalue weighted by atomic mass is 10.2. The summed E-state index contributed by atoms with van der Waals surface area (Å²) in [5.74, 6) is 0.417. The van der Waals surface area contributed by atoms with Crippen molar-refractivity contribution in [1.82, 2.24) is 14.8 Å². The van der Waals surface area contributed by atoms with Gasteiger partial charge in [-0.15, -0.1) is 10.2 Å². The van der Waals surface area contributed by atoms with E-state index in [1.165, 1.54) is 29.5 Å². The van der Waals surface area contributed by atoms with E-state index in [0.717, 1.165) is 17.7 Å². The number of hydrogen-bond donors (Lipinski definition) is 0. The van der Waals surface area contributed by atoms with Crippen LogP contribution in [0.4, 0.5) is 10.1 Å². The van der Waals surface area contributed by atoms with Gasteiger partial charge < -0.3 is 9.47 Å². The number of anilines is 1. The molecule has 0 N–H and O–H groups in total. The van der Waals surface area contributed by atoms with E-state index in [-0.39, 0.29) is 17.0 Å². The minimum atomic E-state index is -0.292. The van der Waals surface area contributed by atoms with E-state index in [2.05, 4.69) is 16.3 Å². The van der Waals surface area contributed by atoms with Crippen molar-refractivity contribution in [1.29, 1.82) is 0 Å². The first-order valence-electron chi connectivity index (χ1n) is 8.76. The summed E-state index contributed by atoms with van der Waals surface area (Å²) in [6.07, 6.45) is 0.887. The normalized spacial score (nSPS) is 14.3. The highest BCUT2D eigenvalue weighted by Gasteiger charge is 2.29. The first-order valence-corrected chi connectivity index (χ1v) is 9.64. The number of nitrogens with zero attached hydrogens (tertiary/aromatic N) is 4. The van der Waals surface area contributed by atoms with Crippen molar-refractivity contribution in [2.24, 2.45) is 7.05 Å². The highest BCUT2D eigenvalue weighted by Crippen LogP contribution is 2.32. The molecule has 1 aliphatic heterocycles. The lowest BCUT2D eigenvalue weighted by molar-refractivity contribution is -0.117. The second-order valence-corrected chi connectivity index (χ2v) is 7.81. The highest BCUT2D eigenvalue weighted by molar-refractivity contribution is 8.00. The van der Waals surface area contributed by atoms with Crippen LogP contribution in [0.15, 0.2) is 53.7 Å². The maximum atomic E-state index is 13.1. The Bertz CT molecular complexity index is 986. The third kappa shape index (κ3) is 3.35. The summed E-state index contributed by atoms with van der Waals surface area (Å²) in [6.45, 7) is 2.60. The van der Waals surface area contributed by atoms with Crippen LogP contribution in [0.5, 0.6) is 0 Å². The minimum Gasteiger partial charge on any atom is -0.311 e. The van der Waals surface area contributed by atoms with Crippen LogP contribution in [0.3, 0.4) is 0 Å². The zero-order chi connectivity index (χ0) is 19.0. The predicted octanol–water partition coefficient (Wildman–Crippen LogP) is 3.69. The van der Waals surface area contributed by atoms with Gasteiger partial charge in [-0.05, 0) is 49.2 Å². The van der Waals surface area contributed by atoms with Gasteiger partial charge in [-0.2, -0.15) is 0 Å². The van der Waals surface area contributed by atoms with Gasteiger partial charge >= 0.3 is 0 Å². The highest BCUT2D eigenvalue weighted by atomic mass is 32.2. The van der Waals surface area contributed by atoms with Crippen molar-refractivity contribution in [2.45, 2.75) is 23.8 Å². The maximum absolute atomic E-state index is 13.1. The van der Waals surface area contributed by atoms with Crippen LogP contribution < -0.4 is 4.90 Å². The van der Waals surface area contributed by atoms with Crippen LogP contribution in [-0.2, 0) is 18.3 Å². The standard InChI is InChI=1S/C20H19FN4OS/c1-13(19(26)25-12-11-14-5-3-4-6-17(14)25)27-20-23-22-18(24(20)2)15-7-9-16(21)10-8-15/h3-10,13H,11-12H2,1-2H3. The lowest BCUT2D eigenvalue weighted by Gasteiger charge is -2.21. The average Bonchev–Trinajstić information content (AvgIpc) is 3.26. The van der Waals surface area contributed by atoms with Crippen LogP contribution >= 0.6 is 11.8 Å². The van der Waals surface area contributed by atoms with E-state index in [4.69, 9.17) is 0 Å². The van der Waals surface area contributed by atoms with E-state index >= 15 is 0 Å². The van der Waals surface area contributed by atoms with Crippen LogP contribution in [0.25, 0.3) is 11.4 Å². The summed E-state index contributed by atoms with van der Waals surface area (Å²) in [5.41, 5.74) is 2.99. The van der Waals surface area contributed by atoms with Gasteiger partial charge in [-0.1, -0.05) is 30.0 Å². The second kappa shape index (κ2) is 7.15. The molecule has 2 heterocycles. The molecule has 2 aromatic carbocycles. The molecule has 0 saturated carbocycles. The van der Waals surface area contributed by atoms with Gasteiger partial charge in [0.05, 0.1) is 5.25 Å². The zero-order valence-electron chi connectivity index (χ0n) is 15.1. The van der Waals surface area contributed by atoms with Crippen molar-refractivity contribution >= 4 is 23.4 Å². The molecule has 27 heavy (non-hydrogen) atoms. The van der Waals surface area contributed by atoms with E-state index in [9.17, 15) is 9.18 Å². The topological polar surface area (TPSA) is 51.0 Å². The Morgan fingerprint density at radius 3 is 2.67 bits per heavy atom. The van der Waals surface area contributed by atoms with Gasteiger partial charge in [0.1, 0.15) is 5.82 Å². The SMILES string of the molecule is CC(Sc1nnc(-c2ccc(F)cc2)n1C)C(=O)N1CCc2ccccc21. The molecule has 1 amide bonds. The largest absolute Gasteiger partial charge is 0.311 e. The fourth-order valence-electron chi connectivity index (χ4n) is 3.26. The van der Waals surface area contributed by atoms with Gasteiger partial charge in [-0.25, -0.2) is 4.39 Å². The quantitative estimate of drug-likeness (QED) is 0.646. The molecule has 0 fully saturated rings. The molecule has 1 atom stereocenters. The average molecular weight is 382 g/mol. The molecule has 1 aromatic heterocycles. The summed E-state index contributed by atoms with van der Waals surface area (Å²) < 4.78 is 15.0. The van der Waals surface area contributed by atoms with Crippen molar-refractivity contribution in [3.63, 3.8) is 0 Å². The molecule has 5 nitrogen and oxygen atoms in total. The Morgan fingerprint density at radius 1 is 1.15 bits per heavy atom. The molecule has 4 rings (SSSR count). The number of thioether (sulfide) groups is 1. The molecule has 0 radical (unpaired) electrons. The van der Waals surface area contributed by atoms with Gasteiger partial charge in [0.25, 0.3) is 0 Å². The van der Waals surface area contributed by atoms with E-state index < -0.39 is 0 Å². The minimum absolute atomic E-state index is 0.0660. The van der Waals surface area contributed by atoms with Gasteiger partial charge in [-0.3, -0.25) is 4.79 Å². The third-order valence-corrected chi connectivity index (χ3v) is 5.84. The smallest absolute Gasteiger partial charge is 0.240 e. The Morgan fingerprint density at radius 2 is 1.89 bits per heavy atom. The molecule has 0 saturated heterocycles. The monoisotopic (exact) mass is 382 g/mol. The molecular weight excluding hydrogens is 363 g/mol. The summed E-state index contributed by atoms with van der Waals surface area (Å²) in [6, 6.07) is 14.2. The number of carbonyl (C=O) groups excluding carboxylic acids is 1. The third-order valence-electron chi connectivity index (χ3n) is 4.72. The summed E-state index contributed by atoms with van der Waals surface area (Å²) in [7, 11) is 1.85. The predicted molar refractivity (Wildman–Crippen MR) is 104 cm³/mol. The second-order valence-electron chi connectivity index (χ2n) is 6.50. The Balaban J connectivity index is 1.51. The first-order chi connectivity index (χ1) is 13.0. The Labute approximate surface area is 161 Å². The van der Waals surface area contributed by atoms with E-state index in [1.807, 2.05) is 41.6 Å².